The van der Waals surface area contributed by atoms with E-state index < -0.39 is 0 Å². The molecule has 0 unspecified atom stereocenters. The molecule has 1 aromatic carbocycles. The van der Waals surface area contributed by atoms with Gasteiger partial charge in [-0.05, 0) is 36.5 Å². The fourth-order valence-corrected chi connectivity index (χ4v) is 2.82. The van der Waals surface area contributed by atoms with Crippen LogP contribution >= 0.6 is 0 Å². The van der Waals surface area contributed by atoms with E-state index in [2.05, 4.69) is 29.4 Å². The monoisotopic (exact) mass is 359 g/mol. The van der Waals surface area contributed by atoms with Gasteiger partial charge < -0.3 is 14.8 Å². The van der Waals surface area contributed by atoms with Gasteiger partial charge in [-0.2, -0.15) is 5.10 Å². The number of nitrogens with zero attached hydrogens (tertiary/aromatic N) is 1. The molecule has 6 nitrogen and oxygen atoms in total. The average molecular weight is 359 g/mol. The number of nitrogens with one attached hydrogen (secondary N) is 2. The van der Waals surface area contributed by atoms with E-state index in [1.54, 1.807) is 14.2 Å². The third-order valence-corrected chi connectivity index (χ3v) is 3.97. The summed E-state index contributed by atoms with van der Waals surface area (Å²) in [4.78, 5) is 12.4. The van der Waals surface area contributed by atoms with Crippen LogP contribution in [0.5, 0.6) is 11.5 Å². The molecule has 0 saturated carbocycles. The number of ether oxygens (including phenoxy) is 2. The molecule has 6 heteroatoms. The zero-order chi connectivity index (χ0) is 19.3. The Morgan fingerprint density at radius 1 is 1.12 bits per heavy atom. The van der Waals surface area contributed by atoms with Crippen LogP contribution in [0.3, 0.4) is 0 Å². The standard InChI is InChI=1S/C20H29N3O3/c1-12(2)9-15-20(21-18(24)10-13(3)4)19(23-22-15)14-7-8-16(25-5)17(11-14)26-6/h7-8,11-13H,9-10H2,1-6H3,(H,21,24)(H,22,23). The fourth-order valence-electron chi connectivity index (χ4n) is 2.82. The summed E-state index contributed by atoms with van der Waals surface area (Å²) in [7, 11) is 3.20. The van der Waals surface area contributed by atoms with E-state index in [1.807, 2.05) is 32.0 Å². The van der Waals surface area contributed by atoms with E-state index in [9.17, 15) is 4.79 Å². The molecule has 1 heterocycles. The molecule has 0 bridgehead atoms. The van der Waals surface area contributed by atoms with Crippen LogP contribution in [0.4, 0.5) is 5.69 Å². The molecule has 1 aromatic heterocycles. The Morgan fingerprint density at radius 3 is 2.38 bits per heavy atom. The number of methoxy groups -OCH3 is 2. The summed E-state index contributed by atoms with van der Waals surface area (Å²) in [6.45, 7) is 8.33. The van der Waals surface area contributed by atoms with Crippen LogP contribution in [0, 0.1) is 11.8 Å². The predicted octanol–water partition coefficient (Wildman–Crippen LogP) is 4.28. The van der Waals surface area contributed by atoms with Gasteiger partial charge >= 0.3 is 0 Å². The second kappa shape index (κ2) is 8.74. The molecule has 0 aliphatic heterocycles. The van der Waals surface area contributed by atoms with E-state index in [0.29, 0.717) is 35.4 Å². The first-order chi connectivity index (χ1) is 12.3. The van der Waals surface area contributed by atoms with Gasteiger partial charge in [-0.3, -0.25) is 9.89 Å². The maximum atomic E-state index is 12.4. The van der Waals surface area contributed by atoms with Crippen LogP contribution in [0.2, 0.25) is 0 Å². The maximum Gasteiger partial charge on any atom is 0.224 e. The number of anilines is 1. The van der Waals surface area contributed by atoms with Gasteiger partial charge in [0.2, 0.25) is 5.91 Å². The second-order valence-corrected chi connectivity index (χ2v) is 7.24. The Bertz CT molecular complexity index is 751. The number of benzene rings is 1. The first kappa shape index (κ1) is 19.8. The van der Waals surface area contributed by atoms with Crippen molar-refractivity contribution in [2.24, 2.45) is 11.8 Å². The van der Waals surface area contributed by atoms with E-state index in [4.69, 9.17) is 9.47 Å². The van der Waals surface area contributed by atoms with E-state index in [1.165, 1.54) is 0 Å². The summed E-state index contributed by atoms with van der Waals surface area (Å²) in [6, 6.07) is 5.62. The van der Waals surface area contributed by atoms with Crippen molar-refractivity contribution in [2.75, 3.05) is 19.5 Å². The van der Waals surface area contributed by atoms with Crippen molar-refractivity contribution in [1.82, 2.24) is 10.2 Å². The van der Waals surface area contributed by atoms with Crippen LogP contribution < -0.4 is 14.8 Å². The summed E-state index contributed by atoms with van der Waals surface area (Å²) in [5.41, 5.74) is 3.24. The van der Waals surface area contributed by atoms with Crippen LogP contribution in [0.15, 0.2) is 18.2 Å². The molecule has 1 amide bonds. The number of aromatic amines is 1. The summed E-state index contributed by atoms with van der Waals surface area (Å²) in [6.07, 6.45) is 1.27. The lowest BCUT2D eigenvalue weighted by Crippen LogP contribution is -2.15. The highest BCUT2D eigenvalue weighted by atomic mass is 16.5. The normalized spacial score (nSPS) is 11.1. The third kappa shape index (κ3) is 4.77. The highest BCUT2D eigenvalue weighted by Crippen LogP contribution is 2.36. The maximum absolute atomic E-state index is 12.4. The van der Waals surface area contributed by atoms with Crippen LogP contribution in [0.25, 0.3) is 11.3 Å². The molecule has 0 aliphatic rings. The number of hydrogen-bond acceptors (Lipinski definition) is 4. The van der Waals surface area contributed by atoms with Crippen molar-refractivity contribution in [3.63, 3.8) is 0 Å². The largest absolute Gasteiger partial charge is 0.493 e. The van der Waals surface area contributed by atoms with Gasteiger partial charge in [0.05, 0.1) is 25.6 Å². The lowest BCUT2D eigenvalue weighted by molar-refractivity contribution is -0.116. The lowest BCUT2D eigenvalue weighted by Gasteiger charge is -2.12. The molecule has 0 fully saturated rings. The fraction of sp³-hybridized carbons (Fsp3) is 0.500. The molecular weight excluding hydrogens is 330 g/mol. The van der Waals surface area contributed by atoms with Gasteiger partial charge in [0.1, 0.15) is 5.69 Å². The molecule has 2 rings (SSSR count). The molecule has 2 N–H and O–H groups in total. The lowest BCUT2D eigenvalue weighted by atomic mass is 10.0. The van der Waals surface area contributed by atoms with Gasteiger partial charge in [0, 0.05) is 12.0 Å². The summed E-state index contributed by atoms with van der Waals surface area (Å²) in [5.74, 6) is 2.00. The summed E-state index contributed by atoms with van der Waals surface area (Å²) >= 11 is 0. The number of aromatic nitrogens is 2. The Morgan fingerprint density at radius 2 is 1.81 bits per heavy atom. The van der Waals surface area contributed by atoms with Crippen LogP contribution in [0.1, 0.15) is 39.8 Å². The van der Waals surface area contributed by atoms with E-state index in [-0.39, 0.29) is 5.91 Å². The predicted molar refractivity (Wildman–Crippen MR) is 104 cm³/mol. The van der Waals surface area contributed by atoms with E-state index in [0.717, 1.165) is 23.4 Å². The minimum Gasteiger partial charge on any atom is -0.493 e. The Labute approximate surface area is 155 Å². The van der Waals surface area contributed by atoms with Crippen molar-refractivity contribution in [2.45, 2.75) is 40.5 Å². The average Bonchev–Trinajstić information content (AvgIpc) is 2.95. The Kier molecular flexibility index (Phi) is 6.66. The molecule has 0 atom stereocenters. The second-order valence-electron chi connectivity index (χ2n) is 7.24. The van der Waals surface area contributed by atoms with Gasteiger partial charge in [-0.1, -0.05) is 27.7 Å². The molecular formula is C20H29N3O3. The first-order valence-electron chi connectivity index (χ1n) is 8.95. The molecule has 2 aromatic rings. The topological polar surface area (TPSA) is 76.2 Å². The Hall–Kier alpha value is -2.50. The molecule has 0 radical (unpaired) electrons. The molecule has 0 spiro atoms. The van der Waals surface area contributed by atoms with Gasteiger partial charge in [-0.15, -0.1) is 0 Å². The molecule has 26 heavy (non-hydrogen) atoms. The van der Waals surface area contributed by atoms with Crippen molar-refractivity contribution in [1.29, 1.82) is 0 Å². The quantitative estimate of drug-likeness (QED) is 0.738. The highest BCUT2D eigenvalue weighted by Gasteiger charge is 2.19. The smallest absolute Gasteiger partial charge is 0.224 e. The van der Waals surface area contributed by atoms with E-state index >= 15 is 0 Å². The molecule has 0 saturated heterocycles. The van der Waals surface area contributed by atoms with Gasteiger partial charge in [0.15, 0.2) is 11.5 Å². The zero-order valence-corrected chi connectivity index (χ0v) is 16.5. The minimum atomic E-state index is -0.00636. The number of rotatable bonds is 8. The van der Waals surface area contributed by atoms with Gasteiger partial charge in [0.25, 0.3) is 0 Å². The number of carbonyl (C=O) groups is 1. The minimum absolute atomic E-state index is 0.00636. The summed E-state index contributed by atoms with van der Waals surface area (Å²) in [5, 5.41) is 10.6. The number of amides is 1. The van der Waals surface area contributed by atoms with Crippen molar-refractivity contribution in [3.8, 4) is 22.8 Å². The van der Waals surface area contributed by atoms with Crippen LogP contribution in [-0.2, 0) is 11.2 Å². The third-order valence-electron chi connectivity index (χ3n) is 3.97. The number of carbonyl (C=O) groups excluding carboxylic acids is 1. The summed E-state index contributed by atoms with van der Waals surface area (Å²) < 4.78 is 10.7. The van der Waals surface area contributed by atoms with Crippen molar-refractivity contribution in [3.05, 3.63) is 23.9 Å². The Balaban J connectivity index is 2.44. The number of hydrogen-bond donors (Lipinski definition) is 2. The SMILES string of the molecule is COc1ccc(-c2n[nH]c(CC(C)C)c2NC(=O)CC(C)C)cc1OC. The highest BCUT2D eigenvalue weighted by molar-refractivity contribution is 5.95. The van der Waals surface area contributed by atoms with Gasteiger partial charge in [-0.25, -0.2) is 0 Å². The van der Waals surface area contributed by atoms with Crippen molar-refractivity contribution >= 4 is 11.6 Å². The number of H-pyrrole nitrogens is 1. The molecule has 142 valence electrons. The zero-order valence-electron chi connectivity index (χ0n) is 16.5. The van der Waals surface area contributed by atoms with Crippen molar-refractivity contribution < 1.29 is 14.3 Å². The molecule has 0 aliphatic carbocycles. The van der Waals surface area contributed by atoms with Crippen LogP contribution in [-0.4, -0.2) is 30.3 Å². The first-order valence-corrected chi connectivity index (χ1v) is 8.95.